The Balaban J connectivity index is 2.00. The second kappa shape index (κ2) is 5.80. The van der Waals surface area contributed by atoms with Crippen LogP contribution in [0.3, 0.4) is 0 Å². The highest BCUT2D eigenvalue weighted by Crippen LogP contribution is 2.63. The molecule has 4 heteroatoms. The van der Waals surface area contributed by atoms with Gasteiger partial charge in [0.25, 0.3) is 0 Å². The highest BCUT2D eigenvalue weighted by Gasteiger charge is 2.70. The molecule has 2 heterocycles. The van der Waals surface area contributed by atoms with E-state index < -0.39 is 13.9 Å². The summed E-state index contributed by atoms with van der Waals surface area (Å²) in [5.74, 6) is 1.65. The first-order valence-corrected chi connectivity index (χ1v) is 13.2. The lowest BCUT2D eigenvalue weighted by Crippen LogP contribution is -2.61. The lowest BCUT2D eigenvalue weighted by Gasteiger charge is -2.52. The first-order chi connectivity index (χ1) is 11.3. The third kappa shape index (κ3) is 2.69. The molecule has 7 atom stereocenters. The fourth-order valence-corrected chi connectivity index (χ4v) is 7.02. The minimum atomic E-state index is -1.89. The van der Waals surface area contributed by atoms with E-state index in [0.29, 0.717) is 23.7 Å². The van der Waals surface area contributed by atoms with Crippen LogP contribution in [0.4, 0.5) is 0 Å². The number of fused-ring (bicyclic) bond motifs is 4. The van der Waals surface area contributed by atoms with Crippen LogP contribution in [-0.4, -0.2) is 36.8 Å². The fraction of sp³-hybridized carbons (Fsp3) is 1.00. The van der Waals surface area contributed by atoms with Gasteiger partial charge in [-0.05, 0) is 61.6 Å². The average molecular weight is 369 g/mol. The van der Waals surface area contributed by atoms with Gasteiger partial charge in [0.1, 0.15) is 0 Å². The van der Waals surface area contributed by atoms with E-state index in [4.69, 9.17) is 9.16 Å². The summed E-state index contributed by atoms with van der Waals surface area (Å²) >= 11 is 0. The van der Waals surface area contributed by atoms with Crippen molar-refractivity contribution in [1.82, 2.24) is 0 Å². The van der Waals surface area contributed by atoms with Gasteiger partial charge in [0.2, 0.25) is 0 Å². The number of aliphatic hydroxyl groups excluding tert-OH is 1. The van der Waals surface area contributed by atoms with Gasteiger partial charge < -0.3 is 14.3 Å². The summed E-state index contributed by atoms with van der Waals surface area (Å²) in [5, 5.41) is 11.6. The molecule has 0 unspecified atom stereocenters. The molecule has 3 aliphatic rings. The van der Waals surface area contributed by atoms with Crippen molar-refractivity contribution in [2.75, 3.05) is 0 Å². The summed E-state index contributed by atoms with van der Waals surface area (Å²) < 4.78 is 13.8. The molecule has 0 spiro atoms. The Labute approximate surface area is 156 Å². The van der Waals surface area contributed by atoms with Gasteiger partial charge in [0.05, 0.1) is 23.4 Å². The van der Waals surface area contributed by atoms with Crippen molar-refractivity contribution < 1.29 is 14.3 Å². The van der Waals surface area contributed by atoms with E-state index in [9.17, 15) is 5.11 Å². The molecule has 2 bridgehead atoms. The van der Waals surface area contributed by atoms with E-state index in [1.54, 1.807) is 0 Å². The molecule has 0 aromatic carbocycles. The molecular formula is C21H40O3Si. The SMILES string of the molecule is CC(C)[C@@]12C[C@@H](O[Si](C)(C)C(C)(C)C)[C@@](C)(O1)[C@@H]1CC[C@@H](C)[C@H]1[C@@H]2O. The van der Waals surface area contributed by atoms with Gasteiger partial charge >= 0.3 is 0 Å². The van der Waals surface area contributed by atoms with E-state index in [2.05, 4.69) is 61.6 Å². The summed E-state index contributed by atoms with van der Waals surface area (Å²) in [7, 11) is -1.89. The first-order valence-electron chi connectivity index (χ1n) is 10.3. The van der Waals surface area contributed by atoms with Crippen molar-refractivity contribution in [3.05, 3.63) is 0 Å². The molecule has 1 saturated carbocycles. The largest absolute Gasteiger partial charge is 0.411 e. The molecular weight excluding hydrogens is 328 g/mol. The minimum absolute atomic E-state index is 0.103. The van der Waals surface area contributed by atoms with Crippen molar-refractivity contribution in [3.8, 4) is 0 Å². The number of hydrogen-bond acceptors (Lipinski definition) is 3. The van der Waals surface area contributed by atoms with Crippen LogP contribution in [0.15, 0.2) is 0 Å². The van der Waals surface area contributed by atoms with Crippen LogP contribution in [0.25, 0.3) is 0 Å². The average Bonchev–Trinajstić information content (AvgIpc) is 2.95. The molecule has 2 aliphatic heterocycles. The van der Waals surface area contributed by atoms with Crippen molar-refractivity contribution in [2.45, 2.75) is 109 Å². The highest BCUT2D eigenvalue weighted by molar-refractivity contribution is 6.74. The van der Waals surface area contributed by atoms with Crippen LogP contribution in [0, 0.1) is 23.7 Å². The van der Waals surface area contributed by atoms with E-state index >= 15 is 0 Å². The molecule has 1 N–H and O–H groups in total. The topological polar surface area (TPSA) is 38.7 Å². The Morgan fingerprint density at radius 2 is 1.80 bits per heavy atom. The highest BCUT2D eigenvalue weighted by atomic mass is 28.4. The molecule has 0 aromatic rings. The molecule has 3 fully saturated rings. The third-order valence-corrected chi connectivity index (χ3v) is 12.9. The number of ether oxygens (including phenoxy) is 1. The summed E-state index contributed by atoms with van der Waals surface area (Å²) in [6.07, 6.45) is 2.94. The van der Waals surface area contributed by atoms with Crippen LogP contribution in [0.5, 0.6) is 0 Å². The molecule has 0 radical (unpaired) electrons. The predicted molar refractivity (Wildman–Crippen MR) is 105 cm³/mol. The molecule has 146 valence electrons. The van der Waals surface area contributed by atoms with Crippen molar-refractivity contribution in [3.63, 3.8) is 0 Å². The van der Waals surface area contributed by atoms with Gasteiger partial charge in [-0.2, -0.15) is 0 Å². The van der Waals surface area contributed by atoms with Gasteiger partial charge in [0.15, 0.2) is 8.32 Å². The Bertz CT molecular complexity index is 526. The lowest BCUT2D eigenvalue weighted by atomic mass is 9.69. The second-order valence-electron chi connectivity index (χ2n) is 11.1. The number of rotatable bonds is 3. The van der Waals surface area contributed by atoms with Crippen LogP contribution >= 0.6 is 0 Å². The molecule has 3 rings (SSSR count). The molecule has 25 heavy (non-hydrogen) atoms. The van der Waals surface area contributed by atoms with Crippen LogP contribution in [-0.2, 0) is 9.16 Å². The van der Waals surface area contributed by atoms with E-state index in [1.807, 2.05) is 0 Å². The summed E-state index contributed by atoms with van der Waals surface area (Å²) in [6, 6.07) is 0. The van der Waals surface area contributed by atoms with E-state index in [1.165, 1.54) is 6.42 Å². The quantitative estimate of drug-likeness (QED) is 0.713. The first kappa shape index (κ1) is 19.8. The predicted octanol–water partition coefficient (Wildman–Crippen LogP) is 4.99. The lowest BCUT2D eigenvalue weighted by molar-refractivity contribution is -0.257. The summed E-state index contributed by atoms with van der Waals surface area (Å²) in [4.78, 5) is 0. The van der Waals surface area contributed by atoms with Gasteiger partial charge in [-0.25, -0.2) is 0 Å². The fourth-order valence-electron chi connectivity index (χ4n) is 5.64. The van der Waals surface area contributed by atoms with Crippen molar-refractivity contribution in [1.29, 1.82) is 0 Å². The maximum absolute atomic E-state index is 11.4. The maximum atomic E-state index is 11.4. The Kier molecular flexibility index (Phi) is 4.60. The van der Waals surface area contributed by atoms with E-state index in [-0.39, 0.29) is 22.8 Å². The standard InChI is InChI=1S/C21H40O3Si/c1-13(2)21-12-16(23-25(8,9)19(4,5)6)20(7,24-21)15-11-10-14(3)17(15)18(21)22/h13-18,22H,10-12H2,1-9H3/t14-,15-,16-,17-,18+,20+,21-/m1/s1. The van der Waals surface area contributed by atoms with Crippen molar-refractivity contribution >= 4 is 8.32 Å². The zero-order chi connectivity index (χ0) is 19.0. The van der Waals surface area contributed by atoms with Crippen LogP contribution < -0.4 is 0 Å². The van der Waals surface area contributed by atoms with Crippen LogP contribution in [0.2, 0.25) is 18.1 Å². The van der Waals surface area contributed by atoms with Gasteiger partial charge in [-0.3, -0.25) is 0 Å². The van der Waals surface area contributed by atoms with Gasteiger partial charge in [0, 0.05) is 6.42 Å². The monoisotopic (exact) mass is 368 g/mol. The molecule has 2 saturated heterocycles. The molecule has 3 nitrogen and oxygen atoms in total. The van der Waals surface area contributed by atoms with E-state index in [0.717, 1.165) is 12.8 Å². The Hall–Kier alpha value is 0.0969. The summed E-state index contributed by atoms with van der Waals surface area (Å²) in [6.45, 7) is 20.6. The summed E-state index contributed by atoms with van der Waals surface area (Å²) in [5.41, 5.74) is -0.698. The zero-order valence-corrected chi connectivity index (χ0v) is 18.8. The normalized spacial score (nSPS) is 47.4. The van der Waals surface area contributed by atoms with Crippen LogP contribution in [0.1, 0.15) is 67.7 Å². The maximum Gasteiger partial charge on any atom is 0.192 e. The van der Waals surface area contributed by atoms with Crippen molar-refractivity contribution in [2.24, 2.45) is 23.7 Å². The van der Waals surface area contributed by atoms with Gasteiger partial charge in [-0.1, -0.05) is 41.5 Å². The molecule has 0 aromatic heterocycles. The zero-order valence-electron chi connectivity index (χ0n) is 17.8. The number of aliphatic hydroxyl groups is 1. The molecule has 0 amide bonds. The second-order valence-corrected chi connectivity index (χ2v) is 15.9. The molecule has 1 aliphatic carbocycles. The smallest absolute Gasteiger partial charge is 0.192 e. The van der Waals surface area contributed by atoms with Gasteiger partial charge in [-0.15, -0.1) is 0 Å². The third-order valence-electron chi connectivity index (χ3n) is 8.43. The minimum Gasteiger partial charge on any atom is -0.411 e. The number of hydrogen-bond donors (Lipinski definition) is 1. The Morgan fingerprint density at radius 1 is 1.20 bits per heavy atom. The Morgan fingerprint density at radius 3 is 2.32 bits per heavy atom.